The van der Waals surface area contributed by atoms with Crippen LogP contribution in [0.5, 0.6) is 5.75 Å². The normalized spacial score (nSPS) is 11.3. The monoisotopic (exact) mass is 278 g/mol. The largest absolute Gasteiger partial charge is 0.459 e. The Balaban J connectivity index is 2.97. The van der Waals surface area contributed by atoms with Crippen molar-refractivity contribution in [1.29, 1.82) is 0 Å². The van der Waals surface area contributed by atoms with Crippen LogP contribution < -0.4 is 4.74 Å². The van der Waals surface area contributed by atoms with Crippen molar-refractivity contribution < 1.29 is 19.1 Å². The van der Waals surface area contributed by atoms with E-state index in [2.05, 4.69) is 0 Å². The van der Waals surface area contributed by atoms with Crippen molar-refractivity contribution in [3.8, 4) is 5.75 Å². The molecule has 20 heavy (non-hydrogen) atoms. The zero-order valence-electron chi connectivity index (χ0n) is 12.7. The van der Waals surface area contributed by atoms with Crippen molar-refractivity contribution in [1.82, 2.24) is 0 Å². The number of carbonyl (C=O) groups is 2. The van der Waals surface area contributed by atoms with Crippen LogP contribution in [0.3, 0.4) is 0 Å². The summed E-state index contributed by atoms with van der Waals surface area (Å²) in [6, 6.07) is 6.61. The molecular weight excluding hydrogens is 256 g/mol. The molecule has 1 aromatic carbocycles. The molecule has 0 saturated heterocycles. The molecule has 4 heteroatoms. The molecule has 0 fully saturated rings. The third kappa shape index (κ3) is 4.08. The third-order valence-corrected chi connectivity index (χ3v) is 3.09. The fraction of sp³-hybridized carbons (Fsp3) is 0.500. The van der Waals surface area contributed by atoms with Gasteiger partial charge in [0.25, 0.3) is 0 Å². The van der Waals surface area contributed by atoms with Gasteiger partial charge in [0.05, 0.1) is 11.5 Å². The molecule has 0 amide bonds. The van der Waals surface area contributed by atoms with Crippen LogP contribution in [0.25, 0.3) is 0 Å². The highest BCUT2D eigenvalue weighted by Crippen LogP contribution is 2.26. The molecule has 1 rings (SSSR count). The second kappa shape index (κ2) is 6.55. The summed E-state index contributed by atoms with van der Waals surface area (Å²) >= 11 is 0. The standard InChI is InChI=1S/C16H22O4/c1-6-16(4,5)15(18)20-13-10-8-7-9-12(13)14(17)19-11(2)3/h7-11H,6H2,1-5H3. The van der Waals surface area contributed by atoms with Gasteiger partial charge in [-0.25, -0.2) is 4.79 Å². The van der Waals surface area contributed by atoms with Crippen LogP contribution in [0, 0.1) is 5.41 Å². The van der Waals surface area contributed by atoms with E-state index in [4.69, 9.17) is 9.47 Å². The minimum Gasteiger partial charge on any atom is -0.459 e. The summed E-state index contributed by atoms with van der Waals surface area (Å²) < 4.78 is 10.5. The minimum atomic E-state index is -0.588. The molecule has 0 aromatic heterocycles. The van der Waals surface area contributed by atoms with Gasteiger partial charge in [-0.15, -0.1) is 0 Å². The van der Waals surface area contributed by atoms with Gasteiger partial charge in [-0.05, 0) is 46.2 Å². The molecule has 0 heterocycles. The van der Waals surface area contributed by atoms with E-state index in [0.29, 0.717) is 6.42 Å². The smallest absolute Gasteiger partial charge is 0.342 e. The number of rotatable bonds is 5. The van der Waals surface area contributed by atoms with Crippen molar-refractivity contribution in [2.45, 2.75) is 47.1 Å². The molecule has 0 atom stereocenters. The fourth-order valence-electron chi connectivity index (χ4n) is 1.38. The minimum absolute atomic E-state index is 0.224. The summed E-state index contributed by atoms with van der Waals surface area (Å²) in [5.41, 5.74) is -0.323. The Morgan fingerprint density at radius 2 is 1.80 bits per heavy atom. The third-order valence-electron chi connectivity index (χ3n) is 3.09. The highest BCUT2D eigenvalue weighted by atomic mass is 16.6. The van der Waals surface area contributed by atoms with Gasteiger partial charge in [0.2, 0.25) is 0 Å². The number of hydrogen-bond donors (Lipinski definition) is 0. The number of carbonyl (C=O) groups excluding carboxylic acids is 2. The van der Waals surface area contributed by atoms with E-state index in [1.807, 2.05) is 20.8 Å². The summed E-state index contributed by atoms with van der Waals surface area (Å²) in [5, 5.41) is 0. The molecule has 0 aliphatic heterocycles. The summed E-state index contributed by atoms with van der Waals surface area (Å²) in [6.07, 6.45) is 0.433. The van der Waals surface area contributed by atoms with E-state index in [1.165, 1.54) is 0 Å². The Bertz CT molecular complexity index is 489. The van der Waals surface area contributed by atoms with Crippen molar-refractivity contribution in [2.24, 2.45) is 5.41 Å². The number of para-hydroxylation sites is 1. The maximum atomic E-state index is 12.1. The van der Waals surface area contributed by atoms with Gasteiger partial charge in [0, 0.05) is 0 Å². The van der Waals surface area contributed by atoms with Crippen LogP contribution in [0.15, 0.2) is 24.3 Å². The Morgan fingerprint density at radius 1 is 1.20 bits per heavy atom. The van der Waals surface area contributed by atoms with Gasteiger partial charge in [-0.1, -0.05) is 19.1 Å². The number of benzene rings is 1. The molecule has 1 aromatic rings. The highest BCUT2D eigenvalue weighted by molar-refractivity contribution is 5.93. The van der Waals surface area contributed by atoms with Gasteiger partial charge in [0.15, 0.2) is 0 Å². The first-order chi connectivity index (χ1) is 9.27. The molecule has 0 aliphatic carbocycles. The van der Waals surface area contributed by atoms with Crippen LogP contribution in [-0.4, -0.2) is 18.0 Å². The average Bonchev–Trinajstić information content (AvgIpc) is 2.38. The zero-order valence-corrected chi connectivity index (χ0v) is 12.7. The van der Waals surface area contributed by atoms with E-state index in [9.17, 15) is 9.59 Å². The van der Waals surface area contributed by atoms with Crippen molar-refractivity contribution in [3.05, 3.63) is 29.8 Å². The lowest BCUT2D eigenvalue weighted by Crippen LogP contribution is -2.28. The molecule has 110 valence electrons. The topological polar surface area (TPSA) is 52.6 Å². The maximum Gasteiger partial charge on any atom is 0.342 e. The first kappa shape index (κ1) is 16.2. The molecule has 0 bridgehead atoms. The number of ether oxygens (including phenoxy) is 2. The fourth-order valence-corrected chi connectivity index (χ4v) is 1.38. The molecule has 0 N–H and O–H groups in total. The Morgan fingerprint density at radius 3 is 2.35 bits per heavy atom. The van der Waals surface area contributed by atoms with Crippen LogP contribution >= 0.6 is 0 Å². The van der Waals surface area contributed by atoms with Crippen molar-refractivity contribution in [3.63, 3.8) is 0 Å². The molecule has 0 spiro atoms. The highest BCUT2D eigenvalue weighted by Gasteiger charge is 2.29. The first-order valence-electron chi connectivity index (χ1n) is 6.80. The predicted molar refractivity (Wildman–Crippen MR) is 76.7 cm³/mol. The first-order valence-corrected chi connectivity index (χ1v) is 6.80. The second-order valence-corrected chi connectivity index (χ2v) is 5.58. The van der Waals surface area contributed by atoms with E-state index in [1.54, 1.807) is 38.1 Å². The number of esters is 2. The summed E-state index contributed by atoms with van der Waals surface area (Å²) in [4.78, 5) is 24.1. The van der Waals surface area contributed by atoms with Gasteiger partial charge < -0.3 is 9.47 Å². The van der Waals surface area contributed by atoms with Crippen molar-refractivity contribution >= 4 is 11.9 Å². The van der Waals surface area contributed by atoms with Gasteiger partial charge in [-0.3, -0.25) is 4.79 Å². The molecule has 0 saturated carbocycles. The lowest BCUT2D eigenvalue weighted by atomic mass is 9.91. The summed E-state index contributed by atoms with van der Waals surface area (Å²) in [7, 11) is 0. The summed E-state index contributed by atoms with van der Waals surface area (Å²) in [6.45, 7) is 9.08. The Hall–Kier alpha value is -1.84. The zero-order chi connectivity index (χ0) is 15.3. The van der Waals surface area contributed by atoms with E-state index < -0.39 is 11.4 Å². The molecule has 0 unspecified atom stereocenters. The molecule has 0 radical (unpaired) electrons. The van der Waals surface area contributed by atoms with Crippen molar-refractivity contribution in [2.75, 3.05) is 0 Å². The average molecular weight is 278 g/mol. The van der Waals surface area contributed by atoms with Crippen LogP contribution in [-0.2, 0) is 9.53 Å². The molecular formula is C16H22O4. The van der Waals surface area contributed by atoms with Crippen LogP contribution in [0.4, 0.5) is 0 Å². The van der Waals surface area contributed by atoms with E-state index >= 15 is 0 Å². The molecule has 4 nitrogen and oxygen atoms in total. The van der Waals surface area contributed by atoms with Gasteiger partial charge in [-0.2, -0.15) is 0 Å². The van der Waals surface area contributed by atoms with E-state index in [-0.39, 0.29) is 23.4 Å². The van der Waals surface area contributed by atoms with Crippen LogP contribution in [0.2, 0.25) is 0 Å². The van der Waals surface area contributed by atoms with Crippen LogP contribution in [0.1, 0.15) is 51.4 Å². The number of hydrogen-bond acceptors (Lipinski definition) is 4. The Kier molecular flexibility index (Phi) is 5.31. The SMILES string of the molecule is CCC(C)(C)C(=O)Oc1ccccc1C(=O)OC(C)C. The van der Waals surface area contributed by atoms with Gasteiger partial charge >= 0.3 is 11.9 Å². The summed E-state index contributed by atoms with van der Waals surface area (Å²) in [5.74, 6) is -0.604. The van der Waals surface area contributed by atoms with Gasteiger partial charge in [0.1, 0.15) is 11.3 Å². The lowest BCUT2D eigenvalue weighted by Gasteiger charge is -2.21. The maximum absolute atomic E-state index is 12.1. The predicted octanol–water partition coefficient (Wildman–Crippen LogP) is 3.59. The second-order valence-electron chi connectivity index (χ2n) is 5.58. The molecule has 0 aliphatic rings. The quantitative estimate of drug-likeness (QED) is 0.610. The Labute approximate surface area is 120 Å². The lowest BCUT2D eigenvalue weighted by molar-refractivity contribution is -0.144. The van der Waals surface area contributed by atoms with E-state index in [0.717, 1.165) is 0 Å².